The summed E-state index contributed by atoms with van der Waals surface area (Å²) in [7, 11) is 0. The average molecular weight is 492 g/mol. The Balaban J connectivity index is 1.73. The zero-order chi connectivity index (χ0) is 25.3. The molecule has 3 heterocycles. The van der Waals surface area contributed by atoms with Crippen molar-refractivity contribution in [3.05, 3.63) is 76.5 Å². The minimum Gasteiger partial charge on any atom is -0.462 e. The molecule has 1 aromatic carbocycles. The van der Waals surface area contributed by atoms with Crippen molar-refractivity contribution in [2.45, 2.75) is 34.6 Å². The molecule has 0 bridgehead atoms. The van der Waals surface area contributed by atoms with Crippen molar-refractivity contribution in [1.82, 2.24) is 9.80 Å². The van der Waals surface area contributed by atoms with Crippen LogP contribution >= 0.6 is 12.2 Å². The third-order valence-electron chi connectivity index (χ3n) is 5.89. The molecule has 1 aromatic rings. The lowest BCUT2D eigenvalue weighted by molar-refractivity contribution is -0.133. The number of hydrogen-bond acceptors (Lipinski definition) is 6. The predicted octanol–water partition coefficient (Wildman–Crippen LogP) is 4.91. The summed E-state index contributed by atoms with van der Waals surface area (Å²) in [5, 5.41) is 3.53. The highest BCUT2D eigenvalue weighted by Crippen LogP contribution is 2.36. The molecule has 3 aliphatic rings. The van der Waals surface area contributed by atoms with E-state index in [9.17, 15) is 9.59 Å². The van der Waals surface area contributed by atoms with Crippen LogP contribution in [0.15, 0.2) is 70.9 Å². The standard InChI is InChI=1S/C27H29N3O4S/c1-6-28-19-9-10-22-16(4)11-20(34-23(22)14-19)15-21-13-18(12-17(5)33-21)24-25(31)29(7-2)27(35)30(8-3)26(24)32/h9-15,28H,6-8H2,1-5H3/b20-15+. The summed E-state index contributed by atoms with van der Waals surface area (Å²) < 4.78 is 12.1. The number of likely N-dealkylation sites (N-methyl/N-ethyl adjacent to an activating group) is 2. The first-order valence-corrected chi connectivity index (χ1v) is 12.1. The Bertz CT molecular complexity index is 1240. The monoisotopic (exact) mass is 491 g/mol. The van der Waals surface area contributed by atoms with E-state index in [1.807, 2.05) is 52.0 Å². The van der Waals surface area contributed by atoms with Gasteiger partial charge in [-0.2, -0.15) is 0 Å². The molecule has 2 amide bonds. The number of carbonyl (C=O) groups excluding carboxylic acids is 2. The summed E-state index contributed by atoms with van der Waals surface area (Å²) in [6.45, 7) is 11.1. The van der Waals surface area contributed by atoms with E-state index in [-0.39, 0.29) is 10.7 Å². The number of anilines is 1. The summed E-state index contributed by atoms with van der Waals surface area (Å²) in [6.07, 6.45) is 7.09. The summed E-state index contributed by atoms with van der Waals surface area (Å²) in [5.41, 5.74) is 3.63. The van der Waals surface area contributed by atoms with Crippen LogP contribution in [0.5, 0.6) is 5.75 Å². The molecule has 0 unspecified atom stereocenters. The summed E-state index contributed by atoms with van der Waals surface area (Å²) in [5.74, 6) is 1.59. The first kappa shape index (κ1) is 24.5. The zero-order valence-corrected chi connectivity index (χ0v) is 21.4. The second-order valence-corrected chi connectivity index (χ2v) is 8.70. The summed E-state index contributed by atoms with van der Waals surface area (Å²) in [6, 6.07) is 6.03. The molecule has 182 valence electrons. The molecule has 8 heteroatoms. The topological polar surface area (TPSA) is 71.1 Å². The highest BCUT2D eigenvalue weighted by atomic mass is 32.1. The van der Waals surface area contributed by atoms with Gasteiger partial charge >= 0.3 is 0 Å². The number of allylic oxidation sites excluding steroid dienone is 7. The van der Waals surface area contributed by atoms with Gasteiger partial charge in [-0.25, -0.2) is 0 Å². The fourth-order valence-electron chi connectivity index (χ4n) is 4.27. The number of ether oxygens (including phenoxy) is 2. The van der Waals surface area contributed by atoms with E-state index in [4.69, 9.17) is 21.7 Å². The van der Waals surface area contributed by atoms with Crippen molar-refractivity contribution in [1.29, 1.82) is 0 Å². The van der Waals surface area contributed by atoms with E-state index in [1.54, 1.807) is 25.2 Å². The largest absolute Gasteiger partial charge is 0.462 e. The van der Waals surface area contributed by atoms with Gasteiger partial charge in [-0.1, -0.05) is 0 Å². The van der Waals surface area contributed by atoms with Gasteiger partial charge in [0, 0.05) is 43.0 Å². The van der Waals surface area contributed by atoms with Crippen LogP contribution in [-0.2, 0) is 14.3 Å². The van der Waals surface area contributed by atoms with Gasteiger partial charge in [0.2, 0.25) is 0 Å². The molecule has 0 atom stereocenters. The average Bonchev–Trinajstić information content (AvgIpc) is 2.79. The second-order valence-electron chi connectivity index (χ2n) is 8.33. The van der Waals surface area contributed by atoms with E-state index in [2.05, 4.69) is 5.32 Å². The Hall–Kier alpha value is -3.65. The highest BCUT2D eigenvalue weighted by Gasteiger charge is 2.39. The van der Waals surface area contributed by atoms with Crippen molar-refractivity contribution in [2.75, 3.05) is 25.0 Å². The van der Waals surface area contributed by atoms with Gasteiger partial charge in [0.25, 0.3) is 11.8 Å². The normalized spacial score (nSPS) is 19.2. The van der Waals surface area contributed by atoms with Crippen molar-refractivity contribution in [2.24, 2.45) is 0 Å². The smallest absolute Gasteiger partial charge is 0.266 e. The third kappa shape index (κ3) is 4.66. The van der Waals surface area contributed by atoms with Gasteiger partial charge in [-0.05, 0) is 88.3 Å². The van der Waals surface area contributed by atoms with Crippen LogP contribution in [0.3, 0.4) is 0 Å². The minimum atomic E-state index is -0.397. The number of nitrogens with zero attached hydrogens (tertiary/aromatic N) is 2. The lowest BCUT2D eigenvalue weighted by Crippen LogP contribution is -2.56. The first-order valence-electron chi connectivity index (χ1n) is 11.7. The maximum atomic E-state index is 13.2. The first-order chi connectivity index (χ1) is 16.8. The summed E-state index contributed by atoms with van der Waals surface area (Å²) >= 11 is 5.37. The number of benzene rings is 1. The maximum absolute atomic E-state index is 13.2. The predicted molar refractivity (Wildman–Crippen MR) is 140 cm³/mol. The van der Waals surface area contributed by atoms with Crippen LogP contribution in [0.2, 0.25) is 0 Å². The maximum Gasteiger partial charge on any atom is 0.266 e. The highest BCUT2D eigenvalue weighted by molar-refractivity contribution is 7.80. The fraction of sp³-hybridized carbons (Fsp3) is 0.296. The van der Waals surface area contributed by atoms with Crippen LogP contribution in [-0.4, -0.2) is 46.4 Å². The molecule has 0 radical (unpaired) electrons. The number of thiocarbonyl (C=S) groups is 1. The number of rotatable bonds is 5. The Labute approximate surface area is 211 Å². The molecule has 4 rings (SSSR count). The fourth-order valence-corrected chi connectivity index (χ4v) is 4.69. The molecule has 0 spiro atoms. The molecule has 1 fully saturated rings. The zero-order valence-electron chi connectivity index (χ0n) is 20.6. The van der Waals surface area contributed by atoms with E-state index in [0.29, 0.717) is 35.9 Å². The van der Waals surface area contributed by atoms with Gasteiger partial charge in [-0.3, -0.25) is 19.4 Å². The third-order valence-corrected chi connectivity index (χ3v) is 6.34. The minimum absolute atomic E-state index is 0.0813. The molecular weight excluding hydrogens is 462 g/mol. The number of nitrogens with one attached hydrogen (secondary N) is 1. The lowest BCUT2D eigenvalue weighted by Gasteiger charge is -2.36. The van der Waals surface area contributed by atoms with Crippen LogP contribution in [0.1, 0.15) is 40.2 Å². The molecule has 0 aliphatic carbocycles. The van der Waals surface area contributed by atoms with Crippen LogP contribution < -0.4 is 10.1 Å². The van der Waals surface area contributed by atoms with E-state index in [1.165, 1.54) is 9.80 Å². The Morgan fingerprint density at radius 3 is 2.29 bits per heavy atom. The second kappa shape index (κ2) is 9.92. The molecule has 3 aliphatic heterocycles. The molecule has 0 saturated carbocycles. The summed E-state index contributed by atoms with van der Waals surface area (Å²) in [4.78, 5) is 29.3. The van der Waals surface area contributed by atoms with Crippen LogP contribution in [0, 0.1) is 0 Å². The van der Waals surface area contributed by atoms with Gasteiger partial charge in [0.05, 0.1) is 0 Å². The van der Waals surface area contributed by atoms with Crippen molar-refractivity contribution < 1.29 is 19.1 Å². The Kier molecular flexibility index (Phi) is 6.93. The molecular formula is C27H29N3O4S. The number of fused-ring (bicyclic) bond motifs is 1. The van der Waals surface area contributed by atoms with Gasteiger partial charge in [0.15, 0.2) is 5.11 Å². The number of carbonyl (C=O) groups is 2. The Morgan fingerprint density at radius 1 is 0.971 bits per heavy atom. The molecule has 7 nitrogen and oxygen atoms in total. The molecule has 1 N–H and O–H groups in total. The van der Waals surface area contributed by atoms with Gasteiger partial charge in [0.1, 0.15) is 28.6 Å². The van der Waals surface area contributed by atoms with Gasteiger partial charge < -0.3 is 14.8 Å². The van der Waals surface area contributed by atoms with Crippen molar-refractivity contribution in [3.63, 3.8) is 0 Å². The van der Waals surface area contributed by atoms with E-state index in [0.717, 1.165) is 29.1 Å². The molecule has 1 saturated heterocycles. The van der Waals surface area contributed by atoms with Crippen LogP contribution in [0.25, 0.3) is 5.57 Å². The van der Waals surface area contributed by atoms with Crippen molar-refractivity contribution >= 4 is 40.4 Å². The quantitative estimate of drug-likeness (QED) is 0.359. The lowest BCUT2D eigenvalue weighted by atomic mass is 9.99. The molecule has 35 heavy (non-hydrogen) atoms. The number of hydrogen-bond donors (Lipinski definition) is 1. The SMILES string of the molecule is CCNc1ccc2c(c1)O/C(=C/C1=CC(=C3C(=O)N(CC)C(=S)N(CC)C3=O)C=C(C)O1)C=C2C. The number of amides is 2. The van der Waals surface area contributed by atoms with Crippen molar-refractivity contribution in [3.8, 4) is 5.75 Å². The molecule has 0 aromatic heterocycles. The van der Waals surface area contributed by atoms with E-state index >= 15 is 0 Å². The van der Waals surface area contributed by atoms with Gasteiger partial charge in [-0.15, -0.1) is 0 Å². The Morgan fingerprint density at radius 2 is 1.66 bits per heavy atom. The van der Waals surface area contributed by atoms with E-state index < -0.39 is 11.8 Å². The van der Waals surface area contributed by atoms with Crippen LogP contribution in [0.4, 0.5) is 5.69 Å².